The maximum absolute atomic E-state index is 13.5. The minimum atomic E-state index is -2.49. The Bertz CT molecular complexity index is 277. The Morgan fingerprint density at radius 3 is 2.33 bits per heavy atom. The van der Waals surface area contributed by atoms with Crippen LogP contribution in [0.3, 0.4) is 0 Å². The molecule has 6 N–H and O–H groups in total. The second kappa shape index (κ2) is 7.19. The summed E-state index contributed by atoms with van der Waals surface area (Å²) in [5, 5.41) is 19.6. The van der Waals surface area contributed by atoms with E-state index in [2.05, 4.69) is 0 Å². The maximum Gasteiger partial charge on any atom is 0.219 e. The summed E-state index contributed by atoms with van der Waals surface area (Å²) in [6.45, 7) is 6.93. The Morgan fingerprint density at radius 1 is 1.50 bits per heavy atom. The van der Waals surface area contributed by atoms with E-state index >= 15 is 0 Å². The van der Waals surface area contributed by atoms with E-state index in [-0.39, 0.29) is 5.92 Å². The molecule has 5 unspecified atom stereocenters. The number of alkyl halides is 1. The van der Waals surface area contributed by atoms with Crippen molar-refractivity contribution in [2.24, 2.45) is 23.3 Å². The van der Waals surface area contributed by atoms with Crippen molar-refractivity contribution in [3.63, 3.8) is 0 Å². The van der Waals surface area contributed by atoms with Gasteiger partial charge in [-0.1, -0.05) is 25.5 Å². The van der Waals surface area contributed by atoms with Crippen molar-refractivity contribution in [2.45, 2.75) is 52.1 Å². The lowest BCUT2D eigenvalue weighted by molar-refractivity contribution is -0.120. The highest BCUT2D eigenvalue weighted by Gasteiger charge is 2.39. The van der Waals surface area contributed by atoms with Gasteiger partial charge in [-0.15, -0.1) is 0 Å². The van der Waals surface area contributed by atoms with Crippen LogP contribution in [-0.4, -0.2) is 34.8 Å². The molecule has 0 saturated heterocycles. The van der Waals surface area contributed by atoms with E-state index in [0.29, 0.717) is 13.0 Å². The van der Waals surface area contributed by atoms with Crippen molar-refractivity contribution in [3.05, 3.63) is 11.6 Å². The molecule has 0 rings (SSSR count). The van der Waals surface area contributed by atoms with Gasteiger partial charge in [-0.05, 0) is 20.3 Å². The Labute approximate surface area is 109 Å². The monoisotopic (exact) mass is 262 g/mol. The summed E-state index contributed by atoms with van der Waals surface area (Å²) in [7, 11) is 0. The first-order valence-corrected chi connectivity index (χ1v) is 6.38. The molecule has 0 amide bonds. The topological polar surface area (TPSA) is 92.5 Å². The third-order valence-electron chi connectivity index (χ3n) is 3.65. The molecular weight excluding hydrogens is 235 g/mol. The number of aliphatic hydroxyl groups excluding tert-OH is 1. The van der Waals surface area contributed by atoms with Gasteiger partial charge >= 0.3 is 0 Å². The molecule has 0 aromatic rings. The molecular formula is C13H27FN2O2. The third-order valence-corrected chi connectivity index (χ3v) is 3.65. The van der Waals surface area contributed by atoms with Crippen LogP contribution >= 0.6 is 0 Å². The normalized spacial score (nSPS) is 23.1. The molecule has 18 heavy (non-hydrogen) atoms. The minimum Gasteiger partial charge on any atom is -0.392 e. The number of nitrogens with two attached hydrogens (primary N) is 2. The second-order valence-corrected chi connectivity index (χ2v) is 5.08. The van der Waals surface area contributed by atoms with Gasteiger partial charge in [-0.25, -0.2) is 4.39 Å². The quantitative estimate of drug-likeness (QED) is 0.513. The molecule has 0 aliphatic heterocycles. The van der Waals surface area contributed by atoms with Gasteiger partial charge in [0.25, 0.3) is 0 Å². The van der Waals surface area contributed by atoms with Crippen LogP contribution in [0.4, 0.5) is 4.39 Å². The van der Waals surface area contributed by atoms with Gasteiger partial charge in [0, 0.05) is 18.4 Å². The summed E-state index contributed by atoms with van der Waals surface area (Å²) in [6, 6.07) is -1.12. The Morgan fingerprint density at radius 2 is 2.00 bits per heavy atom. The van der Waals surface area contributed by atoms with E-state index < -0.39 is 23.9 Å². The van der Waals surface area contributed by atoms with Crippen LogP contribution in [0.25, 0.3) is 0 Å². The highest BCUT2D eigenvalue weighted by molar-refractivity contribution is 5.06. The zero-order chi connectivity index (χ0) is 14.5. The van der Waals surface area contributed by atoms with Gasteiger partial charge in [0.05, 0.1) is 12.1 Å². The van der Waals surface area contributed by atoms with Gasteiger partial charge in [-0.2, -0.15) is 0 Å². The first-order chi connectivity index (χ1) is 8.16. The second-order valence-electron chi connectivity index (χ2n) is 5.08. The highest BCUT2D eigenvalue weighted by Crippen LogP contribution is 2.28. The molecule has 0 spiro atoms. The minimum absolute atomic E-state index is 0.174. The van der Waals surface area contributed by atoms with Crippen molar-refractivity contribution in [3.8, 4) is 0 Å². The molecule has 0 aliphatic rings. The van der Waals surface area contributed by atoms with Gasteiger partial charge in [0.1, 0.15) is 0 Å². The van der Waals surface area contributed by atoms with E-state index in [1.807, 2.05) is 26.8 Å². The molecule has 4 nitrogen and oxygen atoms in total. The number of hydrogen-bond donors (Lipinski definition) is 4. The molecule has 5 heteroatoms. The highest BCUT2D eigenvalue weighted by atomic mass is 19.2. The van der Waals surface area contributed by atoms with Crippen molar-refractivity contribution < 1.29 is 14.6 Å². The zero-order valence-corrected chi connectivity index (χ0v) is 11.7. The summed E-state index contributed by atoms with van der Waals surface area (Å²) >= 11 is 0. The van der Waals surface area contributed by atoms with Crippen molar-refractivity contribution in [1.82, 2.24) is 0 Å². The smallest absolute Gasteiger partial charge is 0.219 e. The molecule has 0 aromatic carbocycles. The Kier molecular flexibility index (Phi) is 6.99. The fourth-order valence-corrected chi connectivity index (χ4v) is 2.11. The van der Waals surface area contributed by atoms with Crippen LogP contribution in [0.1, 0.15) is 34.1 Å². The van der Waals surface area contributed by atoms with Crippen LogP contribution < -0.4 is 11.5 Å². The van der Waals surface area contributed by atoms with E-state index in [4.69, 9.17) is 11.5 Å². The lowest BCUT2D eigenvalue weighted by atomic mass is 9.80. The molecule has 0 saturated carbocycles. The van der Waals surface area contributed by atoms with Gasteiger partial charge < -0.3 is 21.7 Å². The van der Waals surface area contributed by atoms with Crippen molar-refractivity contribution in [1.29, 1.82) is 0 Å². The van der Waals surface area contributed by atoms with Gasteiger partial charge in [0.15, 0.2) is 0 Å². The van der Waals surface area contributed by atoms with Gasteiger partial charge in [-0.3, -0.25) is 0 Å². The number of hydrogen-bond acceptors (Lipinski definition) is 4. The molecule has 0 fully saturated rings. The van der Waals surface area contributed by atoms with Crippen LogP contribution in [0.15, 0.2) is 11.6 Å². The largest absolute Gasteiger partial charge is 0.392 e. The zero-order valence-electron chi connectivity index (χ0n) is 11.7. The summed E-state index contributed by atoms with van der Waals surface area (Å²) < 4.78 is 13.5. The van der Waals surface area contributed by atoms with E-state index in [1.54, 1.807) is 0 Å². The first kappa shape index (κ1) is 17.5. The van der Waals surface area contributed by atoms with Crippen LogP contribution in [0.2, 0.25) is 0 Å². The van der Waals surface area contributed by atoms with E-state index in [9.17, 15) is 14.6 Å². The molecule has 0 bridgehead atoms. The van der Waals surface area contributed by atoms with E-state index in [1.165, 1.54) is 0 Å². The predicted octanol–water partition coefficient (Wildman–Crippen LogP) is 0.920. The summed E-state index contributed by atoms with van der Waals surface area (Å²) in [5.74, 6) is -3.18. The lowest BCUT2D eigenvalue weighted by Gasteiger charge is -2.35. The average molecular weight is 262 g/mol. The molecule has 0 aromatic heterocycles. The molecule has 0 heterocycles. The summed E-state index contributed by atoms with van der Waals surface area (Å²) in [4.78, 5) is 0. The molecule has 5 atom stereocenters. The number of rotatable bonds is 7. The fraction of sp³-hybridized carbons (Fsp3) is 0.846. The standard InChI is InChI=1S/C13H27FN2O2/c1-5-10(12(16)13(4,14)18)11(17)9(3)8(2)6-7-15/h6,9-12,17-18H,5,7,15-16H2,1-4H3. The first-order valence-electron chi connectivity index (χ1n) is 6.38. The average Bonchev–Trinajstić information content (AvgIpc) is 2.27. The van der Waals surface area contributed by atoms with Crippen LogP contribution in [0, 0.1) is 11.8 Å². The van der Waals surface area contributed by atoms with Crippen molar-refractivity contribution in [2.75, 3.05) is 6.54 Å². The summed E-state index contributed by atoms with van der Waals surface area (Å²) in [6.07, 6.45) is 1.50. The molecule has 0 radical (unpaired) electrons. The predicted molar refractivity (Wildman–Crippen MR) is 71.5 cm³/mol. The summed E-state index contributed by atoms with van der Waals surface area (Å²) in [5.41, 5.74) is 12.1. The van der Waals surface area contributed by atoms with Gasteiger partial charge in [0.2, 0.25) is 5.85 Å². The van der Waals surface area contributed by atoms with Crippen LogP contribution in [0.5, 0.6) is 0 Å². The fourth-order valence-electron chi connectivity index (χ4n) is 2.11. The third kappa shape index (κ3) is 4.65. The number of halogens is 1. The molecule has 0 aliphatic carbocycles. The van der Waals surface area contributed by atoms with E-state index in [0.717, 1.165) is 12.5 Å². The maximum atomic E-state index is 13.5. The van der Waals surface area contributed by atoms with Crippen molar-refractivity contribution >= 4 is 0 Å². The number of aliphatic hydroxyl groups is 2. The Hall–Kier alpha value is -0.490. The molecule has 108 valence electrons. The van der Waals surface area contributed by atoms with Crippen LogP contribution in [-0.2, 0) is 0 Å². The SMILES string of the molecule is CCC(C(O)C(C)C(C)=CCN)C(N)C(C)(O)F. The lowest BCUT2D eigenvalue weighted by Crippen LogP contribution is -2.52. The Balaban J connectivity index is 4.92.